The number of rotatable bonds is 9. The van der Waals surface area contributed by atoms with Crippen LogP contribution in [0.15, 0.2) is 48.1 Å². The normalized spacial score (nSPS) is 10.7. The maximum atomic E-state index is 5.93. The third-order valence-electron chi connectivity index (χ3n) is 3.88. The van der Waals surface area contributed by atoms with Crippen LogP contribution in [0.25, 0.3) is 0 Å². The molecule has 3 aromatic rings. The Balaban J connectivity index is 1.59. The molecule has 1 N–H and O–H groups in total. The van der Waals surface area contributed by atoms with Crippen molar-refractivity contribution in [2.75, 3.05) is 7.11 Å². The van der Waals surface area contributed by atoms with Crippen LogP contribution < -0.4 is 14.8 Å². The van der Waals surface area contributed by atoms with Gasteiger partial charge < -0.3 is 14.8 Å². The molecule has 1 aromatic carbocycles. The van der Waals surface area contributed by atoms with E-state index in [9.17, 15) is 0 Å². The number of hydrogen-bond acceptors (Lipinski definition) is 6. The molecular weight excluding hydrogens is 346 g/mol. The summed E-state index contributed by atoms with van der Waals surface area (Å²) in [7, 11) is 1.65. The monoisotopic (exact) mass is 369 g/mol. The summed E-state index contributed by atoms with van der Waals surface area (Å²) in [4.78, 5) is 8.68. The summed E-state index contributed by atoms with van der Waals surface area (Å²) in [6.45, 7) is 4.08. The van der Waals surface area contributed by atoms with Gasteiger partial charge in [-0.25, -0.2) is 4.98 Å². The maximum Gasteiger partial charge on any atom is 0.161 e. The van der Waals surface area contributed by atoms with Crippen LogP contribution in [0.2, 0.25) is 0 Å². The van der Waals surface area contributed by atoms with Crippen LogP contribution in [-0.4, -0.2) is 17.1 Å². The molecule has 0 fully saturated rings. The van der Waals surface area contributed by atoms with Gasteiger partial charge in [-0.3, -0.25) is 4.98 Å². The molecule has 6 heteroatoms. The number of pyridine rings is 1. The fourth-order valence-electron chi connectivity index (χ4n) is 2.52. The summed E-state index contributed by atoms with van der Waals surface area (Å²) >= 11 is 1.71. The standard InChI is InChI=1S/C20H23N3O2S/c1-3-20-23-17(14-26-20)12-22-10-15-6-7-18(24-2)19(9-15)25-13-16-5-4-8-21-11-16/h4-9,11,14,22H,3,10,12-13H2,1-2H3. The Labute approximate surface area is 158 Å². The van der Waals surface area contributed by atoms with Gasteiger partial charge in [0, 0.05) is 36.4 Å². The van der Waals surface area contributed by atoms with Crippen LogP contribution in [0.1, 0.15) is 28.8 Å². The lowest BCUT2D eigenvalue weighted by Gasteiger charge is -2.12. The Kier molecular flexibility index (Phi) is 6.57. The number of methoxy groups -OCH3 is 1. The molecule has 2 heterocycles. The third kappa shape index (κ3) is 5.03. The molecule has 0 unspecified atom stereocenters. The lowest BCUT2D eigenvalue weighted by molar-refractivity contribution is 0.283. The largest absolute Gasteiger partial charge is 0.493 e. The van der Waals surface area contributed by atoms with E-state index in [1.807, 2.05) is 30.3 Å². The Morgan fingerprint density at radius 1 is 1.12 bits per heavy atom. The zero-order valence-electron chi connectivity index (χ0n) is 15.1. The number of nitrogens with one attached hydrogen (secondary N) is 1. The van der Waals surface area contributed by atoms with Crippen molar-refractivity contribution in [3.8, 4) is 11.5 Å². The lowest BCUT2D eigenvalue weighted by atomic mass is 10.2. The molecule has 0 saturated heterocycles. The van der Waals surface area contributed by atoms with Crippen molar-refractivity contribution < 1.29 is 9.47 Å². The van der Waals surface area contributed by atoms with E-state index in [1.165, 1.54) is 5.01 Å². The molecule has 136 valence electrons. The zero-order valence-corrected chi connectivity index (χ0v) is 15.9. The van der Waals surface area contributed by atoms with Gasteiger partial charge in [0.25, 0.3) is 0 Å². The number of aromatic nitrogens is 2. The van der Waals surface area contributed by atoms with Gasteiger partial charge in [-0.1, -0.05) is 19.1 Å². The molecule has 0 aliphatic carbocycles. The Hall–Kier alpha value is -2.44. The van der Waals surface area contributed by atoms with E-state index in [4.69, 9.17) is 9.47 Å². The predicted octanol–water partition coefficient (Wildman–Crippen LogP) is 3.98. The number of nitrogens with zero attached hydrogens (tertiary/aromatic N) is 2. The van der Waals surface area contributed by atoms with Gasteiger partial charge in [0.15, 0.2) is 11.5 Å². The van der Waals surface area contributed by atoms with Gasteiger partial charge in [-0.05, 0) is 30.2 Å². The molecule has 3 rings (SSSR count). The van der Waals surface area contributed by atoms with Gasteiger partial charge >= 0.3 is 0 Å². The SMILES string of the molecule is CCc1nc(CNCc2ccc(OC)c(OCc3cccnc3)c2)cs1. The van der Waals surface area contributed by atoms with Crippen molar-refractivity contribution >= 4 is 11.3 Å². The van der Waals surface area contributed by atoms with Crippen molar-refractivity contribution in [3.05, 3.63) is 69.9 Å². The Bertz CT molecular complexity index is 821. The van der Waals surface area contributed by atoms with Gasteiger partial charge in [0.05, 0.1) is 17.8 Å². The molecule has 5 nitrogen and oxygen atoms in total. The number of aryl methyl sites for hydroxylation is 1. The van der Waals surface area contributed by atoms with Crippen LogP contribution in [0.3, 0.4) is 0 Å². The summed E-state index contributed by atoms with van der Waals surface area (Å²) in [6.07, 6.45) is 4.54. The lowest BCUT2D eigenvalue weighted by Crippen LogP contribution is -2.13. The number of hydrogen-bond donors (Lipinski definition) is 1. The van der Waals surface area contributed by atoms with E-state index in [-0.39, 0.29) is 0 Å². The van der Waals surface area contributed by atoms with Crippen LogP contribution >= 0.6 is 11.3 Å². The van der Waals surface area contributed by atoms with Gasteiger partial charge in [0.1, 0.15) is 6.61 Å². The van der Waals surface area contributed by atoms with Crippen LogP contribution in [0.5, 0.6) is 11.5 Å². The van der Waals surface area contributed by atoms with Crippen molar-refractivity contribution in [1.82, 2.24) is 15.3 Å². The minimum absolute atomic E-state index is 0.458. The molecule has 2 aromatic heterocycles. The maximum absolute atomic E-state index is 5.93. The topological polar surface area (TPSA) is 56.3 Å². The molecular formula is C20H23N3O2S. The first kappa shape index (κ1) is 18.4. The predicted molar refractivity (Wildman–Crippen MR) is 104 cm³/mol. The first-order valence-corrected chi connectivity index (χ1v) is 9.49. The second-order valence-corrected chi connectivity index (χ2v) is 6.77. The smallest absolute Gasteiger partial charge is 0.161 e. The van der Waals surface area contributed by atoms with E-state index in [2.05, 4.69) is 27.6 Å². The molecule has 26 heavy (non-hydrogen) atoms. The fraction of sp³-hybridized carbons (Fsp3) is 0.300. The highest BCUT2D eigenvalue weighted by atomic mass is 32.1. The number of ether oxygens (including phenoxy) is 2. The number of thiazole rings is 1. The Morgan fingerprint density at radius 3 is 2.77 bits per heavy atom. The van der Waals surface area contributed by atoms with E-state index in [0.717, 1.165) is 47.8 Å². The van der Waals surface area contributed by atoms with E-state index < -0.39 is 0 Å². The van der Waals surface area contributed by atoms with E-state index in [1.54, 1.807) is 30.8 Å². The first-order chi connectivity index (χ1) is 12.8. The highest BCUT2D eigenvalue weighted by Gasteiger charge is 2.07. The molecule has 0 aliphatic heterocycles. The van der Waals surface area contributed by atoms with Gasteiger partial charge in [0.2, 0.25) is 0 Å². The van der Waals surface area contributed by atoms with Crippen molar-refractivity contribution in [3.63, 3.8) is 0 Å². The quantitative estimate of drug-likeness (QED) is 0.618. The van der Waals surface area contributed by atoms with Crippen molar-refractivity contribution in [1.29, 1.82) is 0 Å². The third-order valence-corrected chi connectivity index (χ3v) is 4.92. The summed E-state index contributed by atoms with van der Waals surface area (Å²) in [5.74, 6) is 1.46. The Morgan fingerprint density at radius 2 is 2.04 bits per heavy atom. The molecule has 0 atom stereocenters. The van der Waals surface area contributed by atoms with Crippen LogP contribution in [-0.2, 0) is 26.1 Å². The van der Waals surface area contributed by atoms with Gasteiger partial charge in [-0.2, -0.15) is 0 Å². The summed E-state index contributed by atoms with van der Waals surface area (Å²) in [5.41, 5.74) is 3.25. The summed E-state index contributed by atoms with van der Waals surface area (Å²) in [6, 6.07) is 9.89. The first-order valence-electron chi connectivity index (χ1n) is 8.61. The molecule has 0 aliphatic rings. The molecule has 0 bridgehead atoms. The minimum Gasteiger partial charge on any atom is -0.493 e. The minimum atomic E-state index is 0.458. The average molecular weight is 369 g/mol. The zero-order chi connectivity index (χ0) is 18.2. The van der Waals surface area contributed by atoms with Crippen LogP contribution in [0, 0.1) is 0 Å². The van der Waals surface area contributed by atoms with Crippen molar-refractivity contribution in [2.45, 2.75) is 33.0 Å². The van der Waals surface area contributed by atoms with E-state index >= 15 is 0 Å². The molecule has 0 radical (unpaired) electrons. The van der Waals surface area contributed by atoms with E-state index in [0.29, 0.717) is 6.61 Å². The molecule has 0 saturated carbocycles. The van der Waals surface area contributed by atoms with Crippen LogP contribution in [0.4, 0.5) is 0 Å². The van der Waals surface area contributed by atoms with Crippen molar-refractivity contribution in [2.24, 2.45) is 0 Å². The molecule has 0 amide bonds. The summed E-state index contributed by atoms with van der Waals surface area (Å²) in [5, 5.41) is 6.72. The highest BCUT2D eigenvalue weighted by molar-refractivity contribution is 7.09. The summed E-state index contributed by atoms with van der Waals surface area (Å²) < 4.78 is 11.3. The fourth-order valence-corrected chi connectivity index (χ4v) is 3.26. The second kappa shape index (κ2) is 9.31. The average Bonchev–Trinajstić information content (AvgIpc) is 3.15. The second-order valence-electron chi connectivity index (χ2n) is 5.82. The highest BCUT2D eigenvalue weighted by Crippen LogP contribution is 2.28. The number of benzene rings is 1. The molecule has 0 spiro atoms. The van der Waals surface area contributed by atoms with Gasteiger partial charge in [-0.15, -0.1) is 11.3 Å².